The lowest BCUT2D eigenvalue weighted by molar-refractivity contribution is 0.0212. The molecule has 2 aliphatic rings. The molecule has 7 heteroatoms. The van der Waals surface area contributed by atoms with E-state index in [0.717, 1.165) is 49.2 Å². The highest BCUT2D eigenvalue weighted by Crippen LogP contribution is 2.26. The van der Waals surface area contributed by atoms with Crippen molar-refractivity contribution < 1.29 is 4.74 Å². The van der Waals surface area contributed by atoms with Gasteiger partial charge in [-0.25, -0.2) is 0 Å². The summed E-state index contributed by atoms with van der Waals surface area (Å²) in [5, 5.41) is 14.2. The molecule has 3 rings (SSSR count). The summed E-state index contributed by atoms with van der Waals surface area (Å²) in [5.41, 5.74) is 0. The van der Waals surface area contributed by atoms with Gasteiger partial charge in [-0.05, 0) is 6.42 Å². The first-order valence-electron chi connectivity index (χ1n) is 6.29. The molecule has 0 unspecified atom stereocenters. The lowest BCUT2D eigenvalue weighted by atomic mass is 10.2. The van der Waals surface area contributed by atoms with Crippen LogP contribution in [0.15, 0.2) is 0 Å². The topological polar surface area (TPSA) is 50.3 Å². The van der Waals surface area contributed by atoms with Gasteiger partial charge in [0.1, 0.15) is 5.01 Å². The molecule has 0 amide bonds. The Labute approximate surface area is 117 Å². The summed E-state index contributed by atoms with van der Waals surface area (Å²) in [6.45, 7) is 5.89. The summed E-state index contributed by atoms with van der Waals surface area (Å²) >= 11 is 1.72. The summed E-state index contributed by atoms with van der Waals surface area (Å²) in [6, 6.07) is 0.460. The van der Waals surface area contributed by atoms with Crippen LogP contribution in [0, 0.1) is 0 Å². The Kier molecular flexibility index (Phi) is 4.77. The second-order valence-electron chi connectivity index (χ2n) is 4.60. The highest BCUT2D eigenvalue weighted by atomic mass is 35.5. The standard InChI is InChI=1S/C11H18N4OS.ClH/c1-2-3-10-13-14-11(17-10)15-6-8-9(7-15)16-5-4-12-8;/h8-9,12H,2-7H2,1H3;1H/t8-,9-;/m0./s1. The summed E-state index contributed by atoms with van der Waals surface area (Å²) < 4.78 is 5.76. The van der Waals surface area contributed by atoms with Gasteiger partial charge in [-0.3, -0.25) is 0 Å². The van der Waals surface area contributed by atoms with Crippen molar-refractivity contribution in [3.63, 3.8) is 0 Å². The molecule has 0 aromatic carbocycles. The van der Waals surface area contributed by atoms with E-state index in [0.29, 0.717) is 12.1 Å². The number of fused-ring (bicyclic) bond motifs is 1. The maximum Gasteiger partial charge on any atom is 0.208 e. The summed E-state index contributed by atoms with van der Waals surface area (Å²) in [7, 11) is 0. The van der Waals surface area contributed by atoms with Gasteiger partial charge in [0.25, 0.3) is 0 Å². The number of aromatic nitrogens is 2. The highest BCUT2D eigenvalue weighted by Gasteiger charge is 2.36. The third-order valence-corrected chi connectivity index (χ3v) is 4.34. The predicted molar refractivity (Wildman–Crippen MR) is 74.9 cm³/mol. The first-order valence-corrected chi connectivity index (χ1v) is 7.11. The van der Waals surface area contributed by atoms with Gasteiger partial charge in [-0.1, -0.05) is 18.3 Å². The first-order chi connectivity index (χ1) is 8.36. The number of hydrogen-bond acceptors (Lipinski definition) is 6. The lowest BCUT2D eigenvalue weighted by Crippen LogP contribution is -2.47. The molecule has 2 fully saturated rings. The molecule has 0 saturated carbocycles. The Hall–Kier alpha value is -0.430. The average molecular weight is 291 g/mol. The van der Waals surface area contributed by atoms with Crippen molar-refractivity contribution >= 4 is 28.9 Å². The molecule has 1 aromatic rings. The number of halogens is 1. The SMILES string of the molecule is CCCc1nnc(N2C[C@@H]3NCCO[C@H]3C2)s1.Cl. The Morgan fingerprint density at radius 2 is 2.33 bits per heavy atom. The maximum atomic E-state index is 5.76. The van der Waals surface area contributed by atoms with Crippen LogP contribution in [0.25, 0.3) is 0 Å². The van der Waals surface area contributed by atoms with Crippen molar-refractivity contribution in [1.29, 1.82) is 0 Å². The van der Waals surface area contributed by atoms with Crippen molar-refractivity contribution in [2.45, 2.75) is 31.9 Å². The number of nitrogens with one attached hydrogen (secondary N) is 1. The smallest absolute Gasteiger partial charge is 0.208 e. The van der Waals surface area contributed by atoms with Gasteiger partial charge in [0, 0.05) is 26.1 Å². The summed E-state index contributed by atoms with van der Waals surface area (Å²) in [5.74, 6) is 0. The van der Waals surface area contributed by atoms with Crippen molar-refractivity contribution in [3.05, 3.63) is 5.01 Å². The van der Waals surface area contributed by atoms with Gasteiger partial charge in [-0.2, -0.15) is 0 Å². The van der Waals surface area contributed by atoms with Gasteiger partial charge in [0.2, 0.25) is 5.13 Å². The van der Waals surface area contributed by atoms with E-state index in [1.165, 1.54) is 0 Å². The molecular weight excluding hydrogens is 272 g/mol. The van der Waals surface area contributed by atoms with Gasteiger partial charge in [0.15, 0.2) is 0 Å². The minimum absolute atomic E-state index is 0. The minimum Gasteiger partial charge on any atom is -0.373 e. The lowest BCUT2D eigenvalue weighted by Gasteiger charge is -2.25. The first kappa shape index (κ1) is 14.0. The fourth-order valence-electron chi connectivity index (χ4n) is 2.44. The number of aryl methyl sites for hydroxylation is 1. The van der Waals surface area contributed by atoms with Crippen molar-refractivity contribution in [1.82, 2.24) is 15.5 Å². The predicted octanol–water partition coefficient (Wildman–Crippen LogP) is 1.09. The van der Waals surface area contributed by atoms with Gasteiger partial charge >= 0.3 is 0 Å². The van der Waals surface area contributed by atoms with Crippen LogP contribution < -0.4 is 10.2 Å². The molecule has 2 aliphatic heterocycles. The zero-order valence-corrected chi connectivity index (χ0v) is 12.1. The van der Waals surface area contributed by atoms with Crippen molar-refractivity contribution in [2.24, 2.45) is 0 Å². The molecule has 2 atom stereocenters. The minimum atomic E-state index is 0. The van der Waals surface area contributed by atoms with E-state index in [2.05, 4.69) is 27.3 Å². The van der Waals surface area contributed by atoms with Crippen LogP contribution in [0.1, 0.15) is 18.4 Å². The Morgan fingerprint density at radius 1 is 1.44 bits per heavy atom. The monoisotopic (exact) mass is 290 g/mol. The van der Waals surface area contributed by atoms with Crippen LogP contribution in [-0.4, -0.2) is 48.6 Å². The molecular formula is C11H19ClN4OS. The number of morpholine rings is 1. The molecule has 2 saturated heterocycles. The Balaban J connectivity index is 0.00000120. The second kappa shape index (κ2) is 6.14. The van der Waals surface area contributed by atoms with Gasteiger partial charge < -0.3 is 15.0 Å². The van der Waals surface area contributed by atoms with E-state index < -0.39 is 0 Å². The molecule has 102 valence electrons. The Bertz CT molecular complexity index is 375. The molecule has 3 heterocycles. The molecule has 0 spiro atoms. The second-order valence-corrected chi connectivity index (χ2v) is 5.64. The largest absolute Gasteiger partial charge is 0.373 e. The summed E-state index contributed by atoms with van der Waals surface area (Å²) in [4.78, 5) is 2.30. The van der Waals surface area contributed by atoms with Gasteiger partial charge in [0.05, 0.1) is 18.8 Å². The maximum absolute atomic E-state index is 5.76. The average Bonchev–Trinajstić information content (AvgIpc) is 2.94. The highest BCUT2D eigenvalue weighted by molar-refractivity contribution is 7.15. The van der Waals surface area contributed by atoms with E-state index >= 15 is 0 Å². The Morgan fingerprint density at radius 3 is 3.11 bits per heavy atom. The number of hydrogen-bond donors (Lipinski definition) is 1. The number of nitrogens with zero attached hydrogens (tertiary/aromatic N) is 3. The normalized spacial score (nSPS) is 26.8. The van der Waals surface area contributed by atoms with Crippen molar-refractivity contribution in [2.75, 3.05) is 31.1 Å². The number of ether oxygens (including phenoxy) is 1. The molecule has 5 nitrogen and oxygen atoms in total. The molecule has 0 aliphatic carbocycles. The fraction of sp³-hybridized carbons (Fsp3) is 0.818. The zero-order valence-electron chi connectivity index (χ0n) is 10.5. The zero-order chi connectivity index (χ0) is 11.7. The van der Waals surface area contributed by atoms with Crippen LogP contribution in [0.4, 0.5) is 5.13 Å². The molecule has 1 aromatic heterocycles. The third-order valence-electron chi connectivity index (χ3n) is 3.30. The molecule has 18 heavy (non-hydrogen) atoms. The third kappa shape index (κ3) is 2.77. The fourth-order valence-corrected chi connectivity index (χ4v) is 3.40. The van der Waals surface area contributed by atoms with Crippen LogP contribution in [0.3, 0.4) is 0 Å². The molecule has 0 radical (unpaired) electrons. The van der Waals surface area contributed by atoms with Crippen LogP contribution in [0.2, 0.25) is 0 Å². The van der Waals surface area contributed by atoms with E-state index in [1.54, 1.807) is 11.3 Å². The molecule has 0 bridgehead atoms. The van der Waals surface area contributed by atoms with E-state index in [1.807, 2.05) is 0 Å². The number of rotatable bonds is 3. The van der Waals surface area contributed by atoms with E-state index in [9.17, 15) is 0 Å². The van der Waals surface area contributed by atoms with Crippen LogP contribution in [-0.2, 0) is 11.2 Å². The quantitative estimate of drug-likeness (QED) is 0.903. The van der Waals surface area contributed by atoms with Crippen molar-refractivity contribution in [3.8, 4) is 0 Å². The number of anilines is 1. The van der Waals surface area contributed by atoms with Crippen LogP contribution in [0.5, 0.6) is 0 Å². The summed E-state index contributed by atoms with van der Waals surface area (Å²) in [6.07, 6.45) is 2.49. The van der Waals surface area contributed by atoms with E-state index in [4.69, 9.17) is 4.74 Å². The van der Waals surface area contributed by atoms with E-state index in [-0.39, 0.29) is 12.4 Å². The van der Waals surface area contributed by atoms with Crippen LogP contribution >= 0.6 is 23.7 Å². The van der Waals surface area contributed by atoms with Gasteiger partial charge in [-0.15, -0.1) is 22.6 Å². The molecule has 1 N–H and O–H groups in total.